The molecule has 0 fully saturated rings. The van der Waals surface area contributed by atoms with Crippen LogP contribution in [0.1, 0.15) is 5.56 Å². The molecule has 2 heterocycles. The molecule has 8 heteroatoms. The van der Waals surface area contributed by atoms with Crippen LogP contribution in [0.5, 0.6) is 0 Å². The predicted octanol–water partition coefficient (Wildman–Crippen LogP) is 4.43. The van der Waals surface area contributed by atoms with Gasteiger partial charge in [-0.2, -0.15) is 0 Å². The number of anilines is 1. The van der Waals surface area contributed by atoms with E-state index in [1.807, 2.05) is 71.5 Å². The van der Waals surface area contributed by atoms with E-state index in [0.717, 1.165) is 22.6 Å². The van der Waals surface area contributed by atoms with Crippen LogP contribution in [0.3, 0.4) is 0 Å². The molecule has 0 bridgehead atoms. The molecule has 6 nitrogen and oxygen atoms in total. The van der Waals surface area contributed by atoms with Gasteiger partial charge in [0.1, 0.15) is 0 Å². The van der Waals surface area contributed by atoms with E-state index in [2.05, 4.69) is 20.5 Å². The molecule has 0 saturated carbocycles. The molecule has 0 aliphatic rings. The van der Waals surface area contributed by atoms with Gasteiger partial charge >= 0.3 is 0 Å². The highest BCUT2D eigenvalue weighted by Gasteiger charge is 2.18. The van der Waals surface area contributed by atoms with E-state index in [9.17, 15) is 4.79 Å². The number of para-hydroxylation sites is 1. The molecule has 4 rings (SSSR count). The van der Waals surface area contributed by atoms with Crippen molar-refractivity contribution in [2.75, 3.05) is 11.1 Å². The third-order valence-corrected chi connectivity index (χ3v) is 5.66. The van der Waals surface area contributed by atoms with Gasteiger partial charge in [0.2, 0.25) is 5.91 Å². The minimum Gasteiger partial charge on any atom is -0.301 e. The number of amides is 1. The Kier molecular flexibility index (Phi) is 5.50. The van der Waals surface area contributed by atoms with Crippen molar-refractivity contribution in [2.24, 2.45) is 0 Å². The average molecular weight is 408 g/mol. The van der Waals surface area contributed by atoms with Crippen LogP contribution in [-0.4, -0.2) is 31.4 Å². The summed E-state index contributed by atoms with van der Waals surface area (Å²) in [5.74, 6) is 0.852. The number of benzene rings is 2. The van der Waals surface area contributed by atoms with Gasteiger partial charge in [-0.25, -0.2) is 4.98 Å². The van der Waals surface area contributed by atoms with Crippen LogP contribution < -0.4 is 5.32 Å². The Hall–Kier alpha value is -2.97. The Balaban J connectivity index is 1.64. The summed E-state index contributed by atoms with van der Waals surface area (Å²) in [6.07, 6.45) is 1.66. The van der Waals surface area contributed by atoms with Gasteiger partial charge in [0.05, 0.1) is 5.75 Å². The Bertz CT molecular complexity index is 1080. The number of aromatic nitrogens is 4. The lowest BCUT2D eigenvalue weighted by Gasteiger charge is -2.11. The van der Waals surface area contributed by atoms with Gasteiger partial charge in [0.15, 0.2) is 16.1 Å². The molecule has 0 spiro atoms. The molecule has 4 aromatic rings. The highest BCUT2D eigenvalue weighted by atomic mass is 32.2. The Morgan fingerprint density at radius 3 is 2.64 bits per heavy atom. The summed E-state index contributed by atoms with van der Waals surface area (Å²) in [4.78, 5) is 16.3. The quantitative estimate of drug-likeness (QED) is 0.479. The molecule has 0 aliphatic heterocycles. The first kappa shape index (κ1) is 18.4. The topological polar surface area (TPSA) is 72.7 Å². The molecule has 0 atom stereocenters. The molecular formula is C20H17N5OS2. The zero-order chi connectivity index (χ0) is 19.3. The Morgan fingerprint density at radius 2 is 1.89 bits per heavy atom. The van der Waals surface area contributed by atoms with Crippen molar-refractivity contribution < 1.29 is 4.79 Å². The van der Waals surface area contributed by atoms with Gasteiger partial charge < -0.3 is 5.32 Å². The molecule has 1 amide bonds. The minimum atomic E-state index is -0.125. The second kappa shape index (κ2) is 8.37. The van der Waals surface area contributed by atoms with Crippen molar-refractivity contribution in [3.63, 3.8) is 0 Å². The number of nitrogens with zero attached hydrogens (tertiary/aromatic N) is 4. The lowest BCUT2D eigenvalue weighted by atomic mass is 10.1. The second-order valence-corrected chi connectivity index (χ2v) is 7.80. The maximum Gasteiger partial charge on any atom is 0.236 e. The zero-order valence-electron chi connectivity index (χ0n) is 15.1. The lowest BCUT2D eigenvalue weighted by molar-refractivity contribution is -0.113. The van der Waals surface area contributed by atoms with Gasteiger partial charge in [-0.05, 0) is 24.6 Å². The number of thiazole rings is 1. The van der Waals surface area contributed by atoms with Crippen LogP contribution in [0, 0.1) is 6.92 Å². The summed E-state index contributed by atoms with van der Waals surface area (Å²) in [6.45, 7) is 2.05. The monoisotopic (exact) mass is 407 g/mol. The van der Waals surface area contributed by atoms with Crippen molar-refractivity contribution in [1.82, 2.24) is 19.7 Å². The van der Waals surface area contributed by atoms with Crippen LogP contribution in [0.25, 0.3) is 17.1 Å². The van der Waals surface area contributed by atoms with Gasteiger partial charge in [0, 0.05) is 22.8 Å². The molecule has 140 valence electrons. The molecule has 0 unspecified atom stereocenters. The number of thioether (sulfide) groups is 1. The molecule has 0 saturated heterocycles. The van der Waals surface area contributed by atoms with E-state index >= 15 is 0 Å². The normalized spacial score (nSPS) is 10.8. The largest absolute Gasteiger partial charge is 0.301 e. The Morgan fingerprint density at radius 1 is 1.11 bits per heavy atom. The second-order valence-electron chi connectivity index (χ2n) is 5.97. The van der Waals surface area contributed by atoms with Gasteiger partial charge in [-0.1, -0.05) is 54.2 Å². The third-order valence-electron chi connectivity index (χ3n) is 4.04. The van der Waals surface area contributed by atoms with Crippen LogP contribution in [0.4, 0.5) is 5.13 Å². The van der Waals surface area contributed by atoms with E-state index in [0.29, 0.717) is 10.3 Å². The average Bonchev–Trinajstić information content (AvgIpc) is 3.37. The van der Waals surface area contributed by atoms with Crippen molar-refractivity contribution in [2.45, 2.75) is 12.1 Å². The molecular weight excluding hydrogens is 390 g/mol. The number of carbonyl (C=O) groups excluding carboxylic acids is 1. The number of carbonyl (C=O) groups is 1. The van der Waals surface area contributed by atoms with E-state index in [1.165, 1.54) is 23.1 Å². The van der Waals surface area contributed by atoms with Crippen LogP contribution in [-0.2, 0) is 4.79 Å². The van der Waals surface area contributed by atoms with Crippen molar-refractivity contribution in [1.29, 1.82) is 0 Å². The van der Waals surface area contributed by atoms with Gasteiger partial charge in [-0.15, -0.1) is 21.5 Å². The van der Waals surface area contributed by atoms with E-state index in [-0.39, 0.29) is 11.7 Å². The fourth-order valence-electron chi connectivity index (χ4n) is 2.74. The predicted molar refractivity (Wildman–Crippen MR) is 113 cm³/mol. The summed E-state index contributed by atoms with van der Waals surface area (Å²) >= 11 is 2.74. The lowest BCUT2D eigenvalue weighted by Crippen LogP contribution is -2.14. The molecule has 2 aromatic carbocycles. The van der Waals surface area contributed by atoms with Gasteiger partial charge in [-0.3, -0.25) is 9.36 Å². The third kappa shape index (κ3) is 3.97. The summed E-state index contributed by atoms with van der Waals surface area (Å²) in [5.41, 5.74) is 3.08. The smallest absolute Gasteiger partial charge is 0.236 e. The maximum atomic E-state index is 12.2. The van der Waals surface area contributed by atoms with Crippen LogP contribution in [0.15, 0.2) is 71.3 Å². The van der Waals surface area contributed by atoms with E-state index in [4.69, 9.17) is 0 Å². The minimum absolute atomic E-state index is 0.125. The summed E-state index contributed by atoms with van der Waals surface area (Å²) in [6, 6.07) is 18.0. The molecule has 28 heavy (non-hydrogen) atoms. The summed E-state index contributed by atoms with van der Waals surface area (Å²) in [5, 5.41) is 14.7. The number of hydrogen-bond acceptors (Lipinski definition) is 6. The molecule has 1 N–H and O–H groups in total. The molecule has 0 radical (unpaired) electrons. The first-order valence-corrected chi connectivity index (χ1v) is 10.5. The zero-order valence-corrected chi connectivity index (χ0v) is 16.7. The van der Waals surface area contributed by atoms with Crippen LogP contribution in [0.2, 0.25) is 0 Å². The van der Waals surface area contributed by atoms with Crippen molar-refractivity contribution >= 4 is 34.1 Å². The van der Waals surface area contributed by atoms with Crippen molar-refractivity contribution in [3.05, 3.63) is 71.7 Å². The maximum absolute atomic E-state index is 12.2. The number of aryl methyl sites for hydroxylation is 1. The number of nitrogens with one attached hydrogen (secondary N) is 1. The summed E-state index contributed by atoms with van der Waals surface area (Å²) < 4.78 is 1.99. The van der Waals surface area contributed by atoms with Gasteiger partial charge in [0.25, 0.3) is 0 Å². The fourth-order valence-corrected chi connectivity index (χ4v) is 4.04. The molecule has 0 aliphatic carbocycles. The highest BCUT2D eigenvalue weighted by Crippen LogP contribution is 2.29. The standard InChI is InChI=1S/C20H17N5OS2/c1-14-7-5-6-10-16(14)18-23-24-20(25(18)15-8-3-2-4-9-15)28-13-17(26)22-19-21-11-12-27-19/h2-12H,13H2,1H3,(H,21,22,26). The van der Waals surface area contributed by atoms with E-state index < -0.39 is 0 Å². The number of hydrogen-bond donors (Lipinski definition) is 1. The highest BCUT2D eigenvalue weighted by molar-refractivity contribution is 7.99. The first-order valence-electron chi connectivity index (χ1n) is 8.61. The Labute approximate surface area is 170 Å². The first-order chi connectivity index (χ1) is 13.7. The number of rotatable bonds is 6. The van der Waals surface area contributed by atoms with Crippen LogP contribution >= 0.6 is 23.1 Å². The van der Waals surface area contributed by atoms with E-state index in [1.54, 1.807) is 6.20 Å². The van der Waals surface area contributed by atoms with Crippen molar-refractivity contribution in [3.8, 4) is 17.1 Å². The molecule has 2 aromatic heterocycles. The SMILES string of the molecule is Cc1ccccc1-c1nnc(SCC(=O)Nc2nccs2)n1-c1ccccc1. The summed E-state index contributed by atoms with van der Waals surface area (Å²) in [7, 11) is 0. The fraction of sp³-hybridized carbons (Fsp3) is 0.100.